The molecule has 0 aliphatic rings. The van der Waals surface area contributed by atoms with E-state index >= 15 is 0 Å². The normalized spacial score (nSPS) is 10.1. The van der Waals surface area contributed by atoms with Gasteiger partial charge in [-0.15, -0.1) is 0 Å². The molecule has 0 fully saturated rings. The van der Waals surface area contributed by atoms with Crippen molar-refractivity contribution in [1.82, 2.24) is 15.1 Å². The highest BCUT2D eigenvalue weighted by molar-refractivity contribution is 9.10. The molecule has 0 aliphatic carbocycles. The van der Waals surface area contributed by atoms with Crippen molar-refractivity contribution in [2.24, 2.45) is 0 Å². The van der Waals surface area contributed by atoms with E-state index in [-0.39, 0.29) is 5.76 Å². The maximum atomic E-state index is 11.6. The lowest BCUT2D eigenvalue weighted by Gasteiger charge is -1.99. The number of nitrogens with one attached hydrogen (secondary N) is 1. The van der Waals surface area contributed by atoms with Crippen LogP contribution in [-0.4, -0.2) is 21.0 Å². The summed E-state index contributed by atoms with van der Waals surface area (Å²) >= 11 is 3.15. The van der Waals surface area contributed by atoms with Gasteiger partial charge >= 0.3 is 0 Å². The molecule has 7 heteroatoms. The number of amides is 1. The fraction of sp³-hybridized carbons (Fsp3) is 0.111. The van der Waals surface area contributed by atoms with Gasteiger partial charge in [0.2, 0.25) is 5.76 Å². The van der Waals surface area contributed by atoms with Crippen molar-refractivity contribution in [1.29, 1.82) is 0 Å². The van der Waals surface area contributed by atoms with Crippen molar-refractivity contribution in [2.45, 2.75) is 6.92 Å². The second kappa shape index (κ2) is 4.40. The third-order valence-electron chi connectivity index (χ3n) is 1.71. The molecule has 1 amide bonds. The first-order chi connectivity index (χ1) is 7.65. The minimum Gasteiger partial charge on any atom is -0.351 e. The molecule has 2 rings (SSSR count). The third kappa shape index (κ3) is 2.43. The second-order valence-corrected chi connectivity index (χ2v) is 3.82. The first kappa shape index (κ1) is 10.7. The molecule has 6 nitrogen and oxygen atoms in total. The molecule has 2 aromatic rings. The summed E-state index contributed by atoms with van der Waals surface area (Å²) in [5, 5.41) is 6.15. The van der Waals surface area contributed by atoms with E-state index in [9.17, 15) is 4.79 Å². The van der Waals surface area contributed by atoms with Gasteiger partial charge in [0.15, 0.2) is 5.82 Å². The van der Waals surface area contributed by atoms with Gasteiger partial charge in [0, 0.05) is 6.07 Å². The van der Waals surface area contributed by atoms with Gasteiger partial charge in [-0.2, -0.15) is 0 Å². The van der Waals surface area contributed by atoms with E-state index in [2.05, 4.69) is 36.4 Å². The zero-order valence-electron chi connectivity index (χ0n) is 8.27. The molecule has 0 radical (unpaired) electrons. The fourth-order valence-corrected chi connectivity index (χ4v) is 1.23. The Labute approximate surface area is 99.2 Å². The molecule has 0 saturated heterocycles. The molecule has 0 bridgehead atoms. The van der Waals surface area contributed by atoms with Crippen molar-refractivity contribution < 1.29 is 9.32 Å². The predicted octanol–water partition coefficient (Wildman–Crippen LogP) is 1.79. The number of hydrogen-bond donors (Lipinski definition) is 1. The van der Waals surface area contributed by atoms with Gasteiger partial charge in [0.25, 0.3) is 5.91 Å². The average molecular weight is 283 g/mol. The number of anilines is 1. The Morgan fingerprint density at radius 3 is 2.81 bits per heavy atom. The Morgan fingerprint density at radius 2 is 2.25 bits per heavy atom. The van der Waals surface area contributed by atoms with Crippen LogP contribution in [0.4, 0.5) is 5.82 Å². The number of hydrogen-bond acceptors (Lipinski definition) is 5. The quantitative estimate of drug-likeness (QED) is 0.908. The van der Waals surface area contributed by atoms with E-state index in [4.69, 9.17) is 4.52 Å². The van der Waals surface area contributed by atoms with Crippen LogP contribution in [0.15, 0.2) is 27.6 Å². The summed E-state index contributed by atoms with van der Waals surface area (Å²) in [6.45, 7) is 1.74. The molecular formula is C9H7BrN4O2. The molecule has 0 aliphatic heterocycles. The van der Waals surface area contributed by atoms with E-state index < -0.39 is 5.91 Å². The lowest BCUT2D eigenvalue weighted by molar-refractivity contribution is 0.0987. The van der Waals surface area contributed by atoms with Crippen LogP contribution in [0.3, 0.4) is 0 Å². The molecule has 1 N–H and O–H groups in total. The van der Waals surface area contributed by atoms with Gasteiger partial charge in [-0.1, -0.05) is 5.16 Å². The summed E-state index contributed by atoms with van der Waals surface area (Å²) in [7, 11) is 0. The Kier molecular flexibility index (Phi) is 2.95. The highest BCUT2D eigenvalue weighted by atomic mass is 79.9. The molecule has 0 spiro atoms. The van der Waals surface area contributed by atoms with Gasteiger partial charge in [0.05, 0.1) is 18.1 Å². The molecule has 0 saturated carbocycles. The minimum absolute atomic E-state index is 0.141. The van der Waals surface area contributed by atoms with Crippen molar-refractivity contribution in [3.63, 3.8) is 0 Å². The van der Waals surface area contributed by atoms with E-state index in [1.165, 1.54) is 12.4 Å². The highest BCUT2D eigenvalue weighted by Gasteiger charge is 2.12. The zero-order valence-corrected chi connectivity index (χ0v) is 9.85. The van der Waals surface area contributed by atoms with Crippen LogP contribution in [0.2, 0.25) is 0 Å². The van der Waals surface area contributed by atoms with Gasteiger partial charge < -0.3 is 9.84 Å². The smallest absolute Gasteiger partial charge is 0.295 e. The van der Waals surface area contributed by atoms with Crippen molar-refractivity contribution in [3.05, 3.63) is 34.5 Å². The zero-order chi connectivity index (χ0) is 11.5. The van der Waals surface area contributed by atoms with Crippen molar-refractivity contribution >= 4 is 27.7 Å². The van der Waals surface area contributed by atoms with Crippen LogP contribution in [-0.2, 0) is 0 Å². The molecule has 0 unspecified atom stereocenters. The molecular weight excluding hydrogens is 276 g/mol. The maximum Gasteiger partial charge on any atom is 0.295 e. The topological polar surface area (TPSA) is 80.9 Å². The standard InChI is InChI=1S/C9H7BrN4O2/c1-5-2-6(16-14-5)9(15)13-8-4-11-7(10)3-12-8/h2-4H,1H3,(H,12,13,15). The average Bonchev–Trinajstić information content (AvgIpc) is 2.68. The van der Waals surface area contributed by atoms with Gasteiger partial charge in [-0.3, -0.25) is 4.79 Å². The molecule has 2 aromatic heterocycles. The van der Waals surface area contributed by atoms with Crippen LogP contribution >= 0.6 is 15.9 Å². The number of carbonyl (C=O) groups is 1. The summed E-state index contributed by atoms with van der Waals surface area (Å²) < 4.78 is 5.40. The summed E-state index contributed by atoms with van der Waals surface area (Å²) in [5.41, 5.74) is 0.645. The van der Waals surface area contributed by atoms with Crippen LogP contribution in [0.5, 0.6) is 0 Å². The molecule has 16 heavy (non-hydrogen) atoms. The van der Waals surface area contributed by atoms with Crippen molar-refractivity contribution in [3.8, 4) is 0 Å². The highest BCUT2D eigenvalue weighted by Crippen LogP contribution is 2.09. The number of aromatic nitrogens is 3. The number of nitrogens with zero attached hydrogens (tertiary/aromatic N) is 3. The van der Waals surface area contributed by atoms with Crippen LogP contribution < -0.4 is 5.32 Å². The number of halogens is 1. The Morgan fingerprint density at radius 1 is 1.44 bits per heavy atom. The number of aryl methyl sites for hydroxylation is 1. The Balaban J connectivity index is 2.10. The van der Waals surface area contributed by atoms with Gasteiger partial charge in [-0.25, -0.2) is 9.97 Å². The SMILES string of the molecule is Cc1cc(C(=O)Nc2cnc(Br)cn2)on1. The van der Waals surface area contributed by atoms with Crippen LogP contribution in [0, 0.1) is 6.92 Å². The Bertz CT molecular complexity index is 508. The van der Waals surface area contributed by atoms with Gasteiger partial charge in [-0.05, 0) is 22.9 Å². The largest absolute Gasteiger partial charge is 0.351 e. The molecule has 82 valence electrons. The summed E-state index contributed by atoms with van der Waals surface area (Å²) in [6, 6.07) is 1.54. The summed E-state index contributed by atoms with van der Waals surface area (Å²) in [4.78, 5) is 19.5. The maximum absolute atomic E-state index is 11.6. The van der Waals surface area contributed by atoms with Gasteiger partial charge in [0.1, 0.15) is 4.60 Å². The van der Waals surface area contributed by atoms with Crippen molar-refractivity contribution in [2.75, 3.05) is 5.32 Å². The number of rotatable bonds is 2. The summed E-state index contributed by atoms with van der Waals surface area (Å²) in [6.07, 6.45) is 2.92. The van der Waals surface area contributed by atoms with Crippen LogP contribution in [0.25, 0.3) is 0 Å². The van der Waals surface area contributed by atoms with E-state index in [1.807, 2.05) is 0 Å². The monoisotopic (exact) mass is 282 g/mol. The summed E-state index contributed by atoms with van der Waals surface area (Å²) in [5.74, 6) is 0.0849. The van der Waals surface area contributed by atoms with E-state index in [0.717, 1.165) is 0 Å². The molecule has 0 atom stereocenters. The Hall–Kier alpha value is -1.76. The number of carbonyl (C=O) groups excluding carboxylic acids is 1. The van der Waals surface area contributed by atoms with E-state index in [0.29, 0.717) is 16.1 Å². The molecule has 0 aromatic carbocycles. The first-order valence-corrected chi connectivity index (χ1v) is 5.16. The van der Waals surface area contributed by atoms with Crippen LogP contribution in [0.1, 0.15) is 16.2 Å². The predicted molar refractivity (Wildman–Crippen MR) is 58.9 cm³/mol. The molecule has 2 heterocycles. The fourth-order valence-electron chi connectivity index (χ4n) is 1.03. The van der Waals surface area contributed by atoms with E-state index in [1.54, 1.807) is 13.0 Å². The lowest BCUT2D eigenvalue weighted by Crippen LogP contribution is -2.12. The first-order valence-electron chi connectivity index (χ1n) is 4.37. The third-order valence-corrected chi connectivity index (χ3v) is 2.12. The minimum atomic E-state index is -0.405. The lowest BCUT2D eigenvalue weighted by atomic mass is 10.4. The second-order valence-electron chi connectivity index (χ2n) is 3.01.